The van der Waals surface area contributed by atoms with Crippen LogP contribution in [0.2, 0.25) is 0 Å². The molecule has 1 amide bonds. The first-order valence-corrected chi connectivity index (χ1v) is 11.0. The van der Waals surface area contributed by atoms with Crippen molar-refractivity contribution in [3.63, 3.8) is 0 Å². The summed E-state index contributed by atoms with van der Waals surface area (Å²) in [6.07, 6.45) is 5.67. The summed E-state index contributed by atoms with van der Waals surface area (Å²) in [5, 5.41) is 4.14. The van der Waals surface area contributed by atoms with Gasteiger partial charge in [0.15, 0.2) is 0 Å². The van der Waals surface area contributed by atoms with E-state index in [9.17, 15) is 4.79 Å². The van der Waals surface area contributed by atoms with Gasteiger partial charge in [-0.1, -0.05) is 24.3 Å². The fraction of sp³-hybridized carbons (Fsp3) is 0.240. The molecule has 5 heteroatoms. The van der Waals surface area contributed by atoms with Gasteiger partial charge in [-0.3, -0.25) is 4.79 Å². The highest BCUT2D eigenvalue weighted by Crippen LogP contribution is 2.29. The van der Waals surface area contributed by atoms with Crippen LogP contribution in [0.15, 0.2) is 71.4 Å². The third-order valence-electron chi connectivity index (χ3n) is 5.07. The van der Waals surface area contributed by atoms with E-state index in [0.29, 0.717) is 19.2 Å². The maximum absolute atomic E-state index is 12.8. The number of nitrogens with zero attached hydrogens (tertiary/aromatic N) is 1. The second-order valence-electron chi connectivity index (χ2n) is 7.37. The molecule has 1 fully saturated rings. The van der Waals surface area contributed by atoms with Crippen LogP contribution in [0.5, 0.6) is 11.5 Å². The number of hydrogen-bond donors (Lipinski definition) is 0. The standard InChI is InChI=1S/C25H25NO3S/c1-28-23-9-2-19(3-10-23)6-13-25(27)26(22-7-8-22)16-20-4-11-24(12-5-20)29-17-21-14-15-30-18-21/h2-6,9-15,18,22H,7-8,16-17H2,1H3. The molecule has 30 heavy (non-hydrogen) atoms. The maximum atomic E-state index is 12.8. The zero-order valence-corrected chi connectivity index (χ0v) is 17.8. The molecule has 2 aromatic carbocycles. The van der Waals surface area contributed by atoms with Crippen molar-refractivity contribution in [2.45, 2.75) is 32.0 Å². The smallest absolute Gasteiger partial charge is 0.247 e. The number of hydrogen-bond acceptors (Lipinski definition) is 4. The largest absolute Gasteiger partial charge is 0.497 e. The zero-order chi connectivity index (χ0) is 20.8. The lowest BCUT2D eigenvalue weighted by Crippen LogP contribution is -2.31. The van der Waals surface area contributed by atoms with Crippen molar-refractivity contribution in [3.8, 4) is 11.5 Å². The first-order valence-electron chi connectivity index (χ1n) is 10.1. The summed E-state index contributed by atoms with van der Waals surface area (Å²) < 4.78 is 11.0. The Kier molecular flexibility index (Phi) is 6.50. The molecule has 0 aliphatic heterocycles. The highest BCUT2D eigenvalue weighted by molar-refractivity contribution is 7.07. The molecule has 1 aliphatic carbocycles. The molecule has 4 nitrogen and oxygen atoms in total. The predicted molar refractivity (Wildman–Crippen MR) is 121 cm³/mol. The minimum atomic E-state index is 0.0473. The molecule has 3 aromatic rings. The number of amides is 1. The van der Waals surface area contributed by atoms with Gasteiger partial charge in [0, 0.05) is 18.7 Å². The topological polar surface area (TPSA) is 38.8 Å². The summed E-state index contributed by atoms with van der Waals surface area (Å²) in [6.45, 7) is 1.19. The van der Waals surface area contributed by atoms with E-state index in [-0.39, 0.29) is 5.91 Å². The minimum Gasteiger partial charge on any atom is -0.497 e. The summed E-state index contributed by atoms with van der Waals surface area (Å²) in [5.74, 6) is 1.69. The van der Waals surface area contributed by atoms with Gasteiger partial charge in [-0.05, 0) is 76.7 Å². The van der Waals surface area contributed by atoms with E-state index in [4.69, 9.17) is 9.47 Å². The summed E-state index contributed by atoms with van der Waals surface area (Å²) in [6, 6.07) is 18.1. The van der Waals surface area contributed by atoms with Crippen LogP contribution in [-0.2, 0) is 17.9 Å². The number of carbonyl (C=O) groups is 1. The number of benzene rings is 2. The van der Waals surface area contributed by atoms with Crippen molar-refractivity contribution in [1.29, 1.82) is 0 Å². The molecule has 0 atom stereocenters. The van der Waals surface area contributed by atoms with Gasteiger partial charge < -0.3 is 14.4 Å². The van der Waals surface area contributed by atoms with Crippen molar-refractivity contribution in [3.05, 3.63) is 88.1 Å². The van der Waals surface area contributed by atoms with Crippen LogP contribution in [0, 0.1) is 0 Å². The van der Waals surface area contributed by atoms with E-state index in [0.717, 1.165) is 35.5 Å². The molecule has 0 radical (unpaired) electrons. The van der Waals surface area contributed by atoms with Gasteiger partial charge >= 0.3 is 0 Å². The van der Waals surface area contributed by atoms with Gasteiger partial charge in [-0.2, -0.15) is 11.3 Å². The molecule has 1 aliphatic rings. The fourth-order valence-electron chi connectivity index (χ4n) is 3.18. The third-order valence-corrected chi connectivity index (χ3v) is 5.80. The number of methoxy groups -OCH3 is 1. The molecule has 1 aromatic heterocycles. The molecular weight excluding hydrogens is 394 g/mol. The van der Waals surface area contributed by atoms with Crippen molar-refractivity contribution >= 4 is 23.3 Å². The zero-order valence-electron chi connectivity index (χ0n) is 17.0. The Morgan fingerprint density at radius 1 is 1.03 bits per heavy atom. The predicted octanol–water partition coefficient (Wildman–Crippen LogP) is 5.54. The van der Waals surface area contributed by atoms with Crippen LogP contribution in [0.25, 0.3) is 6.08 Å². The van der Waals surface area contributed by atoms with Crippen molar-refractivity contribution < 1.29 is 14.3 Å². The summed E-state index contributed by atoms with van der Waals surface area (Å²) in [5.41, 5.74) is 3.27. The van der Waals surface area contributed by atoms with E-state index in [1.54, 1.807) is 24.5 Å². The molecule has 0 saturated heterocycles. The van der Waals surface area contributed by atoms with Gasteiger partial charge in [0.1, 0.15) is 18.1 Å². The van der Waals surface area contributed by atoms with Crippen molar-refractivity contribution in [2.24, 2.45) is 0 Å². The number of ether oxygens (including phenoxy) is 2. The van der Waals surface area contributed by atoms with Crippen LogP contribution < -0.4 is 9.47 Å². The van der Waals surface area contributed by atoms with Gasteiger partial charge in [0.2, 0.25) is 5.91 Å². The molecule has 0 bridgehead atoms. The third kappa shape index (κ3) is 5.51. The Balaban J connectivity index is 1.35. The summed E-state index contributed by atoms with van der Waals surface area (Å²) >= 11 is 1.67. The lowest BCUT2D eigenvalue weighted by Gasteiger charge is -2.21. The Morgan fingerprint density at radius 3 is 2.40 bits per heavy atom. The van der Waals surface area contributed by atoms with Crippen molar-refractivity contribution in [2.75, 3.05) is 7.11 Å². The van der Waals surface area contributed by atoms with E-state index in [1.165, 1.54) is 5.56 Å². The van der Waals surface area contributed by atoms with Crippen molar-refractivity contribution in [1.82, 2.24) is 4.90 Å². The second-order valence-corrected chi connectivity index (χ2v) is 8.15. The average Bonchev–Trinajstić information content (AvgIpc) is 3.49. The van der Waals surface area contributed by atoms with E-state index < -0.39 is 0 Å². The number of carbonyl (C=O) groups excluding carboxylic acids is 1. The molecule has 1 heterocycles. The fourth-order valence-corrected chi connectivity index (χ4v) is 3.83. The monoisotopic (exact) mass is 419 g/mol. The Hall–Kier alpha value is -3.05. The first-order chi connectivity index (χ1) is 14.7. The highest BCUT2D eigenvalue weighted by Gasteiger charge is 2.31. The lowest BCUT2D eigenvalue weighted by molar-refractivity contribution is -0.127. The van der Waals surface area contributed by atoms with Crippen LogP contribution in [0.1, 0.15) is 29.5 Å². The number of rotatable bonds is 9. The Labute approximate surface area is 181 Å². The van der Waals surface area contributed by atoms with Gasteiger partial charge in [-0.25, -0.2) is 0 Å². The van der Waals surface area contributed by atoms with E-state index >= 15 is 0 Å². The molecule has 4 rings (SSSR count). The molecule has 0 unspecified atom stereocenters. The SMILES string of the molecule is COc1ccc(C=CC(=O)N(Cc2ccc(OCc3ccsc3)cc2)C2CC2)cc1. The molecule has 0 spiro atoms. The van der Waals surface area contributed by atoms with Crippen LogP contribution in [-0.4, -0.2) is 24.0 Å². The van der Waals surface area contributed by atoms with E-state index in [2.05, 4.69) is 11.4 Å². The molecule has 1 saturated carbocycles. The minimum absolute atomic E-state index is 0.0473. The Morgan fingerprint density at radius 2 is 1.77 bits per heavy atom. The van der Waals surface area contributed by atoms with Gasteiger partial charge in [0.25, 0.3) is 0 Å². The summed E-state index contributed by atoms with van der Waals surface area (Å²) in [7, 11) is 1.64. The van der Waals surface area contributed by atoms with E-state index in [1.807, 2.05) is 64.9 Å². The normalized spacial score (nSPS) is 13.4. The first kappa shape index (κ1) is 20.2. The molecule has 0 N–H and O–H groups in total. The summed E-state index contributed by atoms with van der Waals surface area (Å²) in [4.78, 5) is 14.8. The van der Waals surface area contributed by atoms with Gasteiger partial charge in [-0.15, -0.1) is 0 Å². The maximum Gasteiger partial charge on any atom is 0.247 e. The second kappa shape index (κ2) is 9.63. The van der Waals surface area contributed by atoms with Crippen LogP contribution >= 0.6 is 11.3 Å². The number of thiophene rings is 1. The highest BCUT2D eigenvalue weighted by atomic mass is 32.1. The molecular formula is C25H25NO3S. The quantitative estimate of drug-likeness (QED) is 0.428. The van der Waals surface area contributed by atoms with Crippen LogP contribution in [0.3, 0.4) is 0 Å². The molecule has 154 valence electrons. The van der Waals surface area contributed by atoms with Gasteiger partial charge in [0.05, 0.1) is 7.11 Å². The Bertz CT molecular complexity index is 974. The lowest BCUT2D eigenvalue weighted by atomic mass is 10.1. The average molecular weight is 420 g/mol. The van der Waals surface area contributed by atoms with Crippen LogP contribution in [0.4, 0.5) is 0 Å².